The first kappa shape index (κ1) is 55.5. The SMILES string of the molecule is COc1ccc(S2(OS(=O)(=O)C(F)(F)F)CCCC2)cc1.Cc1cc(S2(OS(=O)(=O)C(F)(F)C(F)(F)C(F)(F)C(F)(F)C(F)(F)C(F)(F)C(F)(F)C(F)(F)F)CCCC2)cc(C)c1O. The molecule has 2 aliphatic rings. The molecule has 4 rings (SSSR count). The van der Waals surface area contributed by atoms with E-state index in [2.05, 4.69) is 3.63 Å². The van der Waals surface area contributed by atoms with E-state index in [0.717, 1.165) is 12.1 Å². The van der Waals surface area contributed by atoms with Gasteiger partial charge >= 0.3 is 72.7 Å². The molecular formula is C32H32F20O8S4. The molecule has 8 nitrogen and oxygen atoms in total. The summed E-state index contributed by atoms with van der Waals surface area (Å²) in [5.41, 5.74) is -5.57. The monoisotopic (exact) mass is 1050 g/mol. The highest BCUT2D eigenvalue weighted by molar-refractivity contribution is 8.33. The molecule has 32 heteroatoms. The number of benzene rings is 2. The van der Waals surface area contributed by atoms with Crippen LogP contribution in [0.25, 0.3) is 0 Å². The molecule has 2 aromatic rings. The zero-order valence-corrected chi connectivity index (χ0v) is 35.4. The molecule has 0 amide bonds. The Morgan fingerprint density at radius 1 is 0.500 bits per heavy atom. The highest BCUT2D eigenvalue weighted by Crippen LogP contribution is 2.68. The molecule has 1 N–H and O–H groups in total. The van der Waals surface area contributed by atoms with Gasteiger partial charge in [0, 0.05) is 32.8 Å². The number of aryl methyl sites for hydroxylation is 2. The van der Waals surface area contributed by atoms with Crippen LogP contribution in [0.2, 0.25) is 0 Å². The van der Waals surface area contributed by atoms with Crippen LogP contribution in [0.1, 0.15) is 36.8 Å². The lowest BCUT2D eigenvalue weighted by atomic mass is 9.91. The van der Waals surface area contributed by atoms with Crippen molar-refractivity contribution >= 4 is 40.9 Å². The molecule has 0 atom stereocenters. The van der Waals surface area contributed by atoms with Gasteiger partial charge in [-0.1, -0.05) is 20.6 Å². The van der Waals surface area contributed by atoms with Gasteiger partial charge in [0.05, 0.1) is 7.11 Å². The van der Waals surface area contributed by atoms with E-state index in [-0.39, 0.29) is 24.0 Å². The summed E-state index contributed by atoms with van der Waals surface area (Å²) >= 11 is 0. The van der Waals surface area contributed by atoms with Crippen molar-refractivity contribution in [2.75, 3.05) is 30.1 Å². The van der Waals surface area contributed by atoms with E-state index in [1.165, 1.54) is 21.0 Å². The minimum absolute atomic E-state index is 0.0862. The summed E-state index contributed by atoms with van der Waals surface area (Å²) < 4.78 is 330. The molecule has 0 unspecified atom stereocenters. The number of hydrogen-bond acceptors (Lipinski definition) is 8. The van der Waals surface area contributed by atoms with E-state index in [9.17, 15) is 110 Å². The molecule has 0 bridgehead atoms. The molecule has 64 heavy (non-hydrogen) atoms. The maximum atomic E-state index is 14.6. The van der Waals surface area contributed by atoms with E-state index in [1.807, 2.05) is 0 Å². The number of phenols is 1. The second-order valence-electron chi connectivity index (χ2n) is 13.9. The molecule has 2 saturated heterocycles. The second kappa shape index (κ2) is 17.4. The molecule has 372 valence electrons. The number of phenolic OH excluding ortho intramolecular Hbond substituents is 1. The molecule has 0 spiro atoms. The molecule has 2 aliphatic heterocycles. The largest absolute Gasteiger partial charge is 0.523 e. The van der Waals surface area contributed by atoms with Crippen LogP contribution in [0.3, 0.4) is 0 Å². The first-order chi connectivity index (χ1) is 28.4. The van der Waals surface area contributed by atoms with Crippen molar-refractivity contribution in [1.82, 2.24) is 0 Å². The van der Waals surface area contributed by atoms with Gasteiger partial charge < -0.3 is 9.84 Å². The number of aromatic hydroxyl groups is 1. The van der Waals surface area contributed by atoms with Crippen molar-refractivity contribution in [3.8, 4) is 11.5 Å². The fourth-order valence-corrected chi connectivity index (χ4v) is 16.9. The molecule has 2 fully saturated rings. The molecule has 0 aliphatic carbocycles. The van der Waals surface area contributed by atoms with Crippen LogP contribution < -0.4 is 4.74 Å². The number of alkyl halides is 20. The summed E-state index contributed by atoms with van der Waals surface area (Å²) in [6.07, 6.45) is -6.81. The van der Waals surface area contributed by atoms with E-state index < -0.39 is 115 Å². The van der Waals surface area contributed by atoms with E-state index in [1.54, 1.807) is 24.3 Å². The van der Waals surface area contributed by atoms with Gasteiger partial charge in [0.1, 0.15) is 11.5 Å². The number of hydrogen-bond donors (Lipinski definition) is 1. The van der Waals surface area contributed by atoms with Gasteiger partial charge in [-0.3, -0.25) is 0 Å². The Labute approximate surface area is 352 Å². The van der Waals surface area contributed by atoms with Crippen molar-refractivity contribution in [3.05, 3.63) is 47.5 Å². The van der Waals surface area contributed by atoms with Crippen molar-refractivity contribution in [2.24, 2.45) is 0 Å². The Hall–Kier alpha value is -2.84. The minimum Gasteiger partial charge on any atom is -0.507 e. The van der Waals surface area contributed by atoms with Crippen LogP contribution in [-0.2, 0) is 27.5 Å². The predicted octanol–water partition coefficient (Wildman–Crippen LogP) is 11.6. The van der Waals surface area contributed by atoms with Crippen LogP contribution in [0, 0.1) is 13.8 Å². The fourth-order valence-electron chi connectivity index (χ4n) is 5.92. The lowest BCUT2D eigenvalue weighted by Crippen LogP contribution is -2.75. The van der Waals surface area contributed by atoms with Crippen molar-refractivity contribution in [2.45, 2.75) is 102 Å². The number of methoxy groups -OCH3 is 1. The third-order valence-electron chi connectivity index (χ3n) is 9.51. The highest BCUT2D eigenvalue weighted by atomic mass is 32.3. The van der Waals surface area contributed by atoms with E-state index >= 15 is 0 Å². The van der Waals surface area contributed by atoms with Crippen molar-refractivity contribution in [1.29, 1.82) is 0 Å². The van der Waals surface area contributed by atoms with Crippen LogP contribution in [0.5, 0.6) is 11.5 Å². The average molecular weight is 1050 g/mol. The maximum absolute atomic E-state index is 14.6. The van der Waals surface area contributed by atoms with Crippen LogP contribution in [0.4, 0.5) is 87.8 Å². The molecule has 2 heterocycles. The maximum Gasteiger partial charge on any atom is 0.523 e. The Balaban J connectivity index is 0.000000430. The zero-order valence-electron chi connectivity index (χ0n) is 32.1. The van der Waals surface area contributed by atoms with Gasteiger partial charge in [-0.2, -0.15) is 105 Å². The van der Waals surface area contributed by atoms with Gasteiger partial charge in [0.25, 0.3) is 0 Å². The summed E-state index contributed by atoms with van der Waals surface area (Å²) in [7, 11) is -18.1. The summed E-state index contributed by atoms with van der Waals surface area (Å²) in [5.74, 6) is -52.5. The van der Waals surface area contributed by atoms with Crippen molar-refractivity contribution < 1.29 is 122 Å². The van der Waals surface area contributed by atoms with Crippen LogP contribution in [0.15, 0.2) is 46.2 Å². The Kier molecular flexibility index (Phi) is 15.0. The topological polar surface area (TPSA) is 116 Å². The normalized spacial score (nSPS) is 19.4. The Morgan fingerprint density at radius 3 is 1.17 bits per heavy atom. The minimum atomic E-state index is -8.91. The van der Waals surface area contributed by atoms with Crippen LogP contribution >= 0.6 is 20.6 Å². The standard InChI is InChI=1S/C20H17F17O4S2.C12H15F3O4S2/c1-9-7-11(8-10(2)12(9)38)42(5-3-4-6-42)41-43(39,40)20(36,37)18(31,32)16(27,28)14(23,24)13(21,22)15(25,26)17(29,30)19(33,34)35;1-18-10-4-6-11(7-5-10)20(8-2-3-9-20)19-21(16,17)12(13,14)15/h7-8,38H,3-6H2,1-2H3;4-7H,2-3,8-9H2,1H3. The molecule has 2 aromatic carbocycles. The number of rotatable bonds is 14. The predicted molar refractivity (Wildman–Crippen MR) is 187 cm³/mol. The third kappa shape index (κ3) is 9.12. The van der Waals surface area contributed by atoms with Gasteiger partial charge in [-0.25, -0.2) is 7.26 Å². The average Bonchev–Trinajstić information content (AvgIpc) is 3.83. The quantitative estimate of drug-likeness (QED) is 0.147. The van der Waals surface area contributed by atoms with Crippen LogP contribution in [-0.4, -0.2) is 105 Å². The molecule has 0 radical (unpaired) electrons. The van der Waals surface area contributed by atoms with Gasteiger partial charge in [-0.05, 0) is 87.1 Å². The molecule has 0 saturated carbocycles. The first-order valence-electron chi connectivity index (χ1n) is 17.1. The number of halogens is 20. The molecular weight excluding hydrogens is 1020 g/mol. The first-order valence-corrected chi connectivity index (χ1v) is 23.8. The lowest BCUT2D eigenvalue weighted by molar-refractivity contribution is -0.458. The van der Waals surface area contributed by atoms with E-state index in [4.69, 9.17) is 8.37 Å². The van der Waals surface area contributed by atoms with Crippen molar-refractivity contribution in [3.63, 3.8) is 0 Å². The summed E-state index contributed by atoms with van der Waals surface area (Å²) in [4.78, 5) is 0.103. The fraction of sp³-hybridized carbons (Fsp3) is 0.625. The van der Waals surface area contributed by atoms with Gasteiger partial charge in [0.2, 0.25) is 0 Å². The van der Waals surface area contributed by atoms with Gasteiger partial charge in [-0.15, -0.1) is 0 Å². The van der Waals surface area contributed by atoms with E-state index in [0.29, 0.717) is 35.0 Å². The highest BCUT2D eigenvalue weighted by Gasteiger charge is 2.96. The summed E-state index contributed by atoms with van der Waals surface area (Å²) in [6, 6.07) is 8.14. The van der Waals surface area contributed by atoms with Gasteiger partial charge in [0.15, 0.2) is 0 Å². The third-order valence-corrected chi connectivity index (χ3v) is 20.5. The summed E-state index contributed by atoms with van der Waals surface area (Å²) in [5, 5.41) is 2.12. The smallest absolute Gasteiger partial charge is 0.507 e. The zero-order chi connectivity index (χ0) is 50.0. The Morgan fingerprint density at radius 2 is 0.828 bits per heavy atom. The molecule has 0 aromatic heterocycles. The second-order valence-corrected chi connectivity index (χ2v) is 23.6. The summed E-state index contributed by atoms with van der Waals surface area (Å²) in [6.45, 7) is 2.35. The Bertz CT molecular complexity index is 2200. The number of ether oxygens (including phenoxy) is 1. The lowest BCUT2D eigenvalue weighted by Gasteiger charge is -2.43.